The summed E-state index contributed by atoms with van der Waals surface area (Å²) in [6.45, 7) is 9.09. The minimum atomic E-state index is -0.388. The second kappa shape index (κ2) is 6.89. The van der Waals surface area contributed by atoms with Crippen LogP contribution in [0.15, 0.2) is 42.5 Å². The standard InChI is InChI=1S/C10H10O2.C2H6/c1-8(2)10(11)12-9-6-4-3-5-7-9;1-2/h3-7H,1H2,2H3;1-2H3. The van der Waals surface area contributed by atoms with E-state index in [0.29, 0.717) is 11.3 Å². The van der Waals surface area contributed by atoms with Crippen LogP contribution in [-0.2, 0) is 4.79 Å². The van der Waals surface area contributed by atoms with E-state index in [0.717, 1.165) is 0 Å². The van der Waals surface area contributed by atoms with Crippen molar-refractivity contribution >= 4 is 5.97 Å². The van der Waals surface area contributed by atoms with E-state index >= 15 is 0 Å². The zero-order chi connectivity index (χ0) is 11.0. The quantitative estimate of drug-likeness (QED) is 0.408. The van der Waals surface area contributed by atoms with E-state index in [1.807, 2.05) is 19.9 Å². The molecule has 1 rings (SSSR count). The van der Waals surface area contributed by atoms with Gasteiger partial charge in [0.05, 0.1) is 0 Å². The van der Waals surface area contributed by atoms with Gasteiger partial charge in [0.1, 0.15) is 5.75 Å². The number of rotatable bonds is 2. The second-order valence-electron chi connectivity index (χ2n) is 2.48. The Bertz CT molecular complexity index is 288. The Kier molecular flexibility index (Phi) is 6.12. The zero-order valence-corrected chi connectivity index (χ0v) is 8.91. The maximum absolute atomic E-state index is 11.0. The van der Waals surface area contributed by atoms with Crippen LogP contribution < -0.4 is 4.74 Å². The summed E-state index contributed by atoms with van der Waals surface area (Å²) in [4.78, 5) is 11.0. The molecule has 0 N–H and O–H groups in total. The third-order valence-corrected chi connectivity index (χ3v) is 1.30. The van der Waals surface area contributed by atoms with Crippen molar-refractivity contribution < 1.29 is 9.53 Å². The van der Waals surface area contributed by atoms with Gasteiger partial charge in [-0.2, -0.15) is 0 Å². The van der Waals surface area contributed by atoms with Crippen LogP contribution in [0.3, 0.4) is 0 Å². The highest BCUT2D eigenvalue weighted by Gasteiger charge is 2.03. The van der Waals surface area contributed by atoms with Gasteiger partial charge >= 0.3 is 5.97 Å². The molecule has 0 radical (unpaired) electrons. The highest BCUT2D eigenvalue weighted by atomic mass is 16.5. The Labute approximate surface area is 85.2 Å². The van der Waals surface area contributed by atoms with Crippen LogP contribution in [0.4, 0.5) is 0 Å². The van der Waals surface area contributed by atoms with E-state index in [1.54, 1.807) is 31.2 Å². The van der Waals surface area contributed by atoms with Crippen LogP contribution >= 0.6 is 0 Å². The summed E-state index contributed by atoms with van der Waals surface area (Å²) in [6, 6.07) is 8.92. The largest absolute Gasteiger partial charge is 0.423 e. The van der Waals surface area contributed by atoms with E-state index < -0.39 is 0 Å². The molecule has 0 heterocycles. The van der Waals surface area contributed by atoms with Crippen molar-refractivity contribution in [3.63, 3.8) is 0 Å². The molecule has 14 heavy (non-hydrogen) atoms. The first-order chi connectivity index (χ1) is 6.70. The molecule has 0 aliphatic rings. The van der Waals surface area contributed by atoms with Crippen molar-refractivity contribution in [3.8, 4) is 5.75 Å². The molecule has 0 aromatic heterocycles. The molecule has 0 spiro atoms. The average molecular weight is 192 g/mol. The van der Waals surface area contributed by atoms with E-state index in [2.05, 4.69) is 6.58 Å². The Balaban J connectivity index is 0.000000791. The smallest absolute Gasteiger partial charge is 0.338 e. The van der Waals surface area contributed by atoms with Gasteiger partial charge in [0, 0.05) is 5.57 Å². The van der Waals surface area contributed by atoms with Gasteiger partial charge in [-0.05, 0) is 19.1 Å². The first-order valence-corrected chi connectivity index (χ1v) is 4.63. The molecule has 1 aromatic rings. The summed E-state index contributed by atoms with van der Waals surface area (Å²) >= 11 is 0. The SMILES string of the molecule is C=C(C)C(=O)Oc1ccccc1.CC. The lowest BCUT2D eigenvalue weighted by molar-refractivity contribution is -0.130. The lowest BCUT2D eigenvalue weighted by Crippen LogP contribution is -2.07. The van der Waals surface area contributed by atoms with Crippen LogP contribution in [0, 0.1) is 0 Å². The Hall–Kier alpha value is -1.57. The molecule has 76 valence electrons. The fourth-order valence-corrected chi connectivity index (χ4v) is 0.683. The summed E-state index contributed by atoms with van der Waals surface area (Å²) in [7, 11) is 0. The van der Waals surface area contributed by atoms with E-state index in [1.165, 1.54) is 0 Å². The summed E-state index contributed by atoms with van der Waals surface area (Å²) in [5.41, 5.74) is 0.402. The van der Waals surface area contributed by atoms with Gasteiger partial charge in [-0.3, -0.25) is 0 Å². The van der Waals surface area contributed by atoms with Gasteiger partial charge in [-0.1, -0.05) is 38.6 Å². The lowest BCUT2D eigenvalue weighted by atomic mass is 10.3. The summed E-state index contributed by atoms with van der Waals surface area (Å²) in [5.74, 6) is 0.159. The number of carbonyl (C=O) groups excluding carboxylic acids is 1. The monoisotopic (exact) mass is 192 g/mol. The van der Waals surface area contributed by atoms with Crippen LogP contribution in [0.5, 0.6) is 5.75 Å². The molecule has 0 saturated heterocycles. The fourth-order valence-electron chi connectivity index (χ4n) is 0.683. The minimum Gasteiger partial charge on any atom is -0.423 e. The highest BCUT2D eigenvalue weighted by Crippen LogP contribution is 2.09. The zero-order valence-electron chi connectivity index (χ0n) is 8.91. The summed E-state index contributed by atoms with van der Waals surface area (Å²) < 4.78 is 4.94. The lowest BCUT2D eigenvalue weighted by Gasteiger charge is -2.01. The molecule has 0 saturated carbocycles. The van der Waals surface area contributed by atoms with Gasteiger partial charge in [0.25, 0.3) is 0 Å². The van der Waals surface area contributed by atoms with Gasteiger partial charge in [-0.15, -0.1) is 0 Å². The molecule has 0 aliphatic heterocycles. The van der Waals surface area contributed by atoms with Crippen molar-refractivity contribution in [3.05, 3.63) is 42.5 Å². The molecule has 0 amide bonds. The van der Waals surface area contributed by atoms with Crippen LogP contribution in [0.25, 0.3) is 0 Å². The number of ether oxygens (including phenoxy) is 1. The third kappa shape index (κ3) is 4.45. The van der Waals surface area contributed by atoms with Crippen molar-refractivity contribution in [1.82, 2.24) is 0 Å². The number of benzene rings is 1. The third-order valence-electron chi connectivity index (χ3n) is 1.30. The minimum absolute atomic E-state index is 0.388. The van der Waals surface area contributed by atoms with Crippen molar-refractivity contribution in [2.75, 3.05) is 0 Å². The highest BCUT2D eigenvalue weighted by molar-refractivity contribution is 5.88. The predicted molar refractivity (Wildman–Crippen MR) is 58.2 cm³/mol. The number of hydrogen-bond acceptors (Lipinski definition) is 2. The van der Waals surface area contributed by atoms with E-state index in [4.69, 9.17) is 4.74 Å². The normalized spacial score (nSPS) is 8.21. The molecule has 1 aromatic carbocycles. The maximum atomic E-state index is 11.0. The van der Waals surface area contributed by atoms with Gasteiger partial charge < -0.3 is 4.74 Å². The number of hydrogen-bond donors (Lipinski definition) is 0. The maximum Gasteiger partial charge on any atom is 0.338 e. The van der Waals surface area contributed by atoms with Gasteiger partial charge in [0.2, 0.25) is 0 Å². The Morgan fingerprint density at radius 1 is 1.21 bits per heavy atom. The first kappa shape index (κ1) is 12.4. The second-order valence-corrected chi connectivity index (χ2v) is 2.48. The topological polar surface area (TPSA) is 26.3 Å². The van der Waals surface area contributed by atoms with E-state index in [9.17, 15) is 4.79 Å². The van der Waals surface area contributed by atoms with Crippen molar-refractivity contribution in [1.29, 1.82) is 0 Å². The van der Waals surface area contributed by atoms with E-state index in [-0.39, 0.29) is 5.97 Å². The molecule has 0 aliphatic carbocycles. The van der Waals surface area contributed by atoms with Gasteiger partial charge in [0.15, 0.2) is 0 Å². The van der Waals surface area contributed by atoms with Gasteiger partial charge in [-0.25, -0.2) is 4.79 Å². The predicted octanol–water partition coefficient (Wildman–Crippen LogP) is 3.19. The van der Waals surface area contributed by atoms with Crippen LogP contribution in [0.2, 0.25) is 0 Å². The molecule has 0 unspecified atom stereocenters. The number of esters is 1. The Morgan fingerprint density at radius 2 is 1.71 bits per heavy atom. The first-order valence-electron chi connectivity index (χ1n) is 4.63. The molecule has 2 nitrogen and oxygen atoms in total. The summed E-state index contributed by atoms with van der Waals surface area (Å²) in [6.07, 6.45) is 0. The van der Waals surface area contributed by atoms with Crippen molar-refractivity contribution in [2.45, 2.75) is 20.8 Å². The number of carbonyl (C=O) groups is 1. The molecule has 2 heteroatoms. The molecular formula is C12H16O2. The average Bonchev–Trinajstić information content (AvgIpc) is 2.22. The number of para-hydroxylation sites is 1. The summed E-state index contributed by atoms with van der Waals surface area (Å²) in [5, 5.41) is 0. The molecule has 0 fully saturated rings. The van der Waals surface area contributed by atoms with Crippen LogP contribution in [-0.4, -0.2) is 5.97 Å². The molecule has 0 atom stereocenters. The fraction of sp³-hybridized carbons (Fsp3) is 0.250. The van der Waals surface area contributed by atoms with Crippen LogP contribution in [0.1, 0.15) is 20.8 Å². The van der Waals surface area contributed by atoms with Crippen molar-refractivity contribution in [2.24, 2.45) is 0 Å². The Morgan fingerprint density at radius 3 is 2.14 bits per heavy atom. The molecular weight excluding hydrogens is 176 g/mol. The molecule has 0 bridgehead atoms.